The van der Waals surface area contributed by atoms with E-state index in [4.69, 9.17) is 4.74 Å². The summed E-state index contributed by atoms with van der Waals surface area (Å²) in [7, 11) is 0. The van der Waals surface area contributed by atoms with Crippen molar-refractivity contribution in [1.29, 1.82) is 0 Å². The van der Waals surface area contributed by atoms with Gasteiger partial charge in [0, 0.05) is 0 Å². The third kappa shape index (κ3) is 2.39. The molecule has 0 spiro atoms. The van der Waals surface area contributed by atoms with Gasteiger partial charge < -0.3 is 4.74 Å². The SMILES string of the molecule is CC1C2CC3CC(C2)CC1(C(Br)C(=O)OC1(C)C2CC4CC(C2)CC1C4)C3. The second kappa shape index (κ2) is 5.76. The zero-order valence-electron chi connectivity index (χ0n) is 17.0. The van der Waals surface area contributed by atoms with Crippen LogP contribution in [0.5, 0.6) is 0 Å². The van der Waals surface area contributed by atoms with E-state index in [-0.39, 0.29) is 21.8 Å². The lowest BCUT2D eigenvalue weighted by atomic mass is 9.44. The molecule has 8 aliphatic rings. The van der Waals surface area contributed by atoms with Crippen LogP contribution in [0.2, 0.25) is 0 Å². The van der Waals surface area contributed by atoms with Gasteiger partial charge in [-0.05, 0) is 124 Å². The van der Waals surface area contributed by atoms with E-state index in [2.05, 4.69) is 29.8 Å². The molecule has 8 bridgehead atoms. The molecule has 0 amide bonds. The first-order valence-corrected chi connectivity index (χ1v) is 12.7. The Hall–Kier alpha value is -0.0500. The average Bonchev–Trinajstić information content (AvgIpc) is 2.62. The number of esters is 1. The molecule has 150 valence electrons. The molecule has 0 aromatic heterocycles. The summed E-state index contributed by atoms with van der Waals surface area (Å²) >= 11 is 3.95. The standard InChI is InChI=1S/C24H35BrO2/c1-13-18-5-16-4-17(6-18)12-24(13,11-16)21(25)22(26)27-23(2)19-7-14-3-15(9-19)10-20(23)8-14/h13-21H,3-12H2,1-2H3. The highest BCUT2D eigenvalue weighted by Gasteiger charge is 2.62. The van der Waals surface area contributed by atoms with Crippen molar-refractivity contribution < 1.29 is 9.53 Å². The Balaban J connectivity index is 1.24. The number of hydrogen-bond donors (Lipinski definition) is 0. The van der Waals surface area contributed by atoms with E-state index in [1.165, 1.54) is 64.2 Å². The molecule has 0 N–H and O–H groups in total. The largest absolute Gasteiger partial charge is 0.458 e. The lowest BCUT2D eigenvalue weighted by molar-refractivity contribution is -0.208. The van der Waals surface area contributed by atoms with Gasteiger partial charge in [0.15, 0.2) is 0 Å². The van der Waals surface area contributed by atoms with E-state index in [0.717, 1.165) is 29.6 Å². The highest BCUT2D eigenvalue weighted by molar-refractivity contribution is 9.10. The maximum atomic E-state index is 13.5. The Morgan fingerprint density at radius 2 is 1.41 bits per heavy atom. The number of hydrogen-bond acceptors (Lipinski definition) is 2. The fourth-order valence-corrected chi connectivity index (χ4v) is 10.5. The molecular weight excluding hydrogens is 400 g/mol. The van der Waals surface area contributed by atoms with E-state index in [1.54, 1.807) is 0 Å². The molecule has 3 heteroatoms. The number of alkyl halides is 1. The second-order valence-corrected chi connectivity index (χ2v) is 12.8. The van der Waals surface area contributed by atoms with Crippen molar-refractivity contribution >= 4 is 21.9 Å². The summed E-state index contributed by atoms with van der Waals surface area (Å²) in [5, 5.41) is 0. The lowest BCUT2D eigenvalue weighted by Crippen LogP contribution is -2.61. The summed E-state index contributed by atoms with van der Waals surface area (Å²) in [6.45, 7) is 4.73. The summed E-state index contributed by atoms with van der Waals surface area (Å²) in [4.78, 5) is 13.4. The molecule has 0 aromatic carbocycles. The Bertz CT molecular complexity index is 615. The molecule has 27 heavy (non-hydrogen) atoms. The van der Waals surface area contributed by atoms with Crippen LogP contribution >= 0.6 is 15.9 Å². The molecule has 0 aliphatic heterocycles. The van der Waals surface area contributed by atoms with Crippen molar-refractivity contribution in [1.82, 2.24) is 0 Å². The third-order valence-electron chi connectivity index (χ3n) is 10.7. The molecule has 4 atom stereocenters. The molecule has 0 heterocycles. The Labute approximate surface area is 172 Å². The first kappa shape index (κ1) is 17.8. The van der Waals surface area contributed by atoms with Crippen LogP contribution in [0, 0.1) is 52.8 Å². The summed E-state index contributed by atoms with van der Waals surface area (Å²) < 4.78 is 6.53. The number of carbonyl (C=O) groups is 1. The van der Waals surface area contributed by atoms with E-state index in [1.807, 2.05) is 0 Å². The van der Waals surface area contributed by atoms with Gasteiger partial charge in [0.2, 0.25) is 0 Å². The fourth-order valence-electron chi connectivity index (χ4n) is 9.59. The number of ether oxygens (including phenoxy) is 1. The van der Waals surface area contributed by atoms with Gasteiger partial charge in [-0.25, -0.2) is 0 Å². The minimum absolute atomic E-state index is 0.0822. The van der Waals surface area contributed by atoms with Crippen molar-refractivity contribution in [3.63, 3.8) is 0 Å². The highest BCUT2D eigenvalue weighted by atomic mass is 79.9. The zero-order chi connectivity index (χ0) is 18.6. The van der Waals surface area contributed by atoms with Crippen molar-refractivity contribution in [2.75, 3.05) is 0 Å². The zero-order valence-corrected chi connectivity index (χ0v) is 18.5. The summed E-state index contributed by atoms with van der Waals surface area (Å²) in [5.41, 5.74) is -0.0316. The van der Waals surface area contributed by atoms with Crippen LogP contribution in [-0.4, -0.2) is 16.4 Å². The van der Waals surface area contributed by atoms with Crippen LogP contribution in [-0.2, 0) is 9.53 Å². The average molecular weight is 435 g/mol. The topological polar surface area (TPSA) is 26.3 Å². The van der Waals surface area contributed by atoms with Crippen LogP contribution in [0.25, 0.3) is 0 Å². The van der Waals surface area contributed by atoms with Gasteiger partial charge in [-0.2, -0.15) is 0 Å². The maximum absolute atomic E-state index is 13.5. The lowest BCUT2D eigenvalue weighted by Gasteiger charge is -2.62. The summed E-state index contributed by atoms with van der Waals surface area (Å²) in [6.07, 6.45) is 13.4. The van der Waals surface area contributed by atoms with Crippen LogP contribution in [0.15, 0.2) is 0 Å². The number of halogens is 1. The molecule has 0 radical (unpaired) electrons. The normalized spacial score (nSPS) is 58.5. The minimum atomic E-state index is -0.192. The minimum Gasteiger partial charge on any atom is -0.458 e. The molecule has 8 rings (SSSR count). The van der Waals surface area contributed by atoms with Crippen molar-refractivity contribution in [3.8, 4) is 0 Å². The first-order valence-electron chi connectivity index (χ1n) is 11.7. The van der Waals surface area contributed by atoms with E-state index in [9.17, 15) is 4.79 Å². The summed E-state index contributed by atoms with van der Waals surface area (Å²) in [6, 6.07) is 0. The van der Waals surface area contributed by atoms with Crippen LogP contribution in [0.3, 0.4) is 0 Å². The van der Waals surface area contributed by atoms with Gasteiger partial charge in [-0.1, -0.05) is 22.9 Å². The van der Waals surface area contributed by atoms with Gasteiger partial charge in [0.1, 0.15) is 10.4 Å². The van der Waals surface area contributed by atoms with E-state index in [0.29, 0.717) is 17.8 Å². The smallest absolute Gasteiger partial charge is 0.320 e. The molecular formula is C24H35BrO2. The first-order chi connectivity index (χ1) is 12.9. The van der Waals surface area contributed by atoms with Gasteiger partial charge in [-0.15, -0.1) is 0 Å². The number of rotatable bonds is 3. The quantitative estimate of drug-likeness (QED) is 0.403. The highest BCUT2D eigenvalue weighted by Crippen LogP contribution is 2.66. The predicted octanol–water partition coefficient (Wildman–Crippen LogP) is 5.97. The van der Waals surface area contributed by atoms with Crippen molar-refractivity contribution in [2.45, 2.75) is 88.5 Å². The molecule has 4 unspecified atom stereocenters. The molecule has 0 aromatic rings. The predicted molar refractivity (Wildman–Crippen MR) is 109 cm³/mol. The molecule has 8 aliphatic carbocycles. The van der Waals surface area contributed by atoms with Gasteiger partial charge in [0.25, 0.3) is 0 Å². The summed E-state index contributed by atoms with van der Waals surface area (Å²) in [5.74, 6) is 6.39. The van der Waals surface area contributed by atoms with Crippen LogP contribution in [0.4, 0.5) is 0 Å². The van der Waals surface area contributed by atoms with E-state index < -0.39 is 0 Å². The Kier molecular flexibility index (Phi) is 3.79. The monoisotopic (exact) mass is 434 g/mol. The van der Waals surface area contributed by atoms with Crippen LogP contribution in [0.1, 0.15) is 78.1 Å². The van der Waals surface area contributed by atoms with Gasteiger partial charge in [0.05, 0.1) is 0 Å². The van der Waals surface area contributed by atoms with Gasteiger partial charge >= 0.3 is 5.97 Å². The second-order valence-electron chi connectivity index (χ2n) is 11.9. The number of carbonyl (C=O) groups excluding carboxylic acids is 1. The fraction of sp³-hybridized carbons (Fsp3) is 0.958. The molecule has 0 saturated heterocycles. The van der Waals surface area contributed by atoms with Crippen molar-refractivity contribution in [2.24, 2.45) is 52.8 Å². The van der Waals surface area contributed by atoms with E-state index >= 15 is 0 Å². The van der Waals surface area contributed by atoms with Crippen molar-refractivity contribution in [3.05, 3.63) is 0 Å². The third-order valence-corrected chi connectivity index (χ3v) is 12.0. The molecule has 8 saturated carbocycles. The maximum Gasteiger partial charge on any atom is 0.320 e. The Morgan fingerprint density at radius 3 is 1.96 bits per heavy atom. The molecule has 2 nitrogen and oxygen atoms in total. The van der Waals surface area contributed by atoms with Gasteiger partial charge in [-0.3, -0.25) is 4.79 Å². The Morgan fingerprint density at radius 1 is 0.889 bits per heavy atom. The van der Waals surface area contributed by atoms with Crippen LogP contribution < -0.4 is 0 Å². The molecule has 8 fully saturated rings.